The minimum Gasteiger partial charge on any atom is -0.454 e. The maximum absolute atomic E-state index is 12.4. The molecule has 0 spiro atoms. The molecule has 25 heavy (non-hydrogen) atoms. The highest BCUT2D eigenvalue weighted by Gasteiger charge is 2.15. The minimum atomic E-state index is -0.388. The van der Waals surface area contributed by atoms with E-state index < -0.39 is 0 Å². The van der Waals surface area contributed by atoms with Crippen LogP contribution in [-0.2, 0) is 6.54 Å². The lowest BCUT2D eigenvalue weighted by Gasteiger charge is -2.10. The third kappa shape index (κ3) is 3.83. The fourth-order valence-electron chi connectivity index (χ4n) is 2.59. The van der Waals surface area contributed by atoms with Crippen molar-refractivity contribution in [3.05, 3.63) is 86.7 Å². The molecule has 0 aliphatic carbocycles. The number of amides is 1. The van der Waals surface area contributed by atoms with E-state index in [2.05, 4.69) is 5.32 Å². The molecule has 0 aliphatic heterocycles. The summed E-state index contributed by atoms with van der Waals surface area (Å²) >= 11 is 6.21. The van der Waals surface area contributed by atoms with Crippen molar-refractivity contribution in [1.29, 1.82) is 0 Å². The number of nitrogens with zero attached hydrogens (tertiary/aromatic N) is 1. The molecule has 0 saturated heterocycles. The first-order valence-corrected chi connectivity index (χ1v) is 8.14. The lowest BCUT2D eigenvalue weighted by atomic mass is 10.1. The molecular formula is C19H17ClN2O3. The van der Waals surface area contributed by atoms with Crippen molar-refractivity contribution in [2.24, 2.45) is 0 Å². The molecule has 0 radical (unpaired) electrons. The van der Waals surface area contributed by atoms with Gasteiger partial charge in [0.15, 0.2) is 5.76 Å². The van der Waals surface area contributed by atoms with E-state index in [0.717, 1.165) is 11.1 Å². The summed E-state index contributed by atoms with van der Waals surface area (Å²) in [6, 6.07) is 11.9. The molecule has 1 N–H and O–H groups in total. The number of nitrogens with one attached hydrogen (secondary N) is 1. The Morgan fingerprint density at radius 2 is 2.00 bits per heavy atom. The second-order valence-electron chi connectivity index (χ2n) is 5.83. The van der Waals surface area contributed by atoms with Crippen LogP contribution in [-0.4, -0.2) is 10.5 Å². The molecule has 2 aromatic heterocycles. The molecule has 0 bridgehead atoms. The van der Waals surface area contributed by atoms with Gasteiger partial charge in [0, 0.05) is 12.3 Å². The van der Waals surface area contributed by atoms with E-state index in [0.29, 0.717) is 16.5 Å². The van der Waals surface area contributed by atoms with E-state index in [4.69, 9.17) is 16.0 Å². The summed E-state index contributed by atoms with van der Waals surface area (Å²) in [5, 5.41) is 3.26. The fraction of sp³-hybridized carbons (Fsp3) is 0.158. The average molecular weight is 357 g/mol. The molecular weight excluding hydrogens is 340 g/mol. The van der Waals surface area contributed by atoms with E-state index in [9.17, 15) is 9.59 Å². The number of carbonyl (C=O) groups excluding carboxylic acids is 1. The van der Waals surface area contributed by atoms with Gasteiger partial charge < -0.3 is 14.3 Å². The molecule has 2 heterocycles. The molecule has 0 fully saturated rings. The van der Waals surface area contributed by atoms with Gasteiger partial charge >= 0.3 is 0 Å². The van der Waals surface area contributed by atoms with Crippen LogP contribution < -0.4 is 10.9 Å². The summed E-state index contributed by atoms with van der Waals surface area (Å²) in [5.74, 6) is 0.292. The number of rotatable bonds is 4. The molecule has 0 aliphatic rings. The Hall–Kier alpha value is -2.79. The van der Waals surface area contributed by atoms with Crippen molar-refractivity contribution >= 4 is 23.2 Å². The minimum absolute atomic E-state index is 0.132. The van der Waals surface area contributed by atoms with Crippen LogP contribution in [0.1, 0.15) is 27.4 Å². The number of anilines is 1. The van der Waals surface area contributed by atoms with Crippen molar-refractivity contribution in [1.82, 2.24) is 4.57 Å². The first-order valence-electron chi connectivity index (χ1n) is 7.76. The number of furan rings is 1. The lowest BCUT2D eigenvalue weighted by Crippen LogP contribution is -2.18. The third-order valence-electron chi connectivity index (χ3n) is 3.78. The maximum Gasteiger partial charge on any atom is 0.291 e. The molecule has 6 heteroatoms. The van der Waals surface area contributed by atoms with Crippen molar-refractivity contribution < 1.29 is 9.21 Å². The number of hydrogen-bond donors (Lipinski definition) is 1. The number of carbonyl (C=O) groups is 1. The van der Waals surface area contributed by atoms with Gasteiger partial charge in [0.1, 0.15) is 5.76 Å². The van der Waals surface area contributed by atoms with Crippen LogP contribution in [0.4, 0.5) is 5.69 Å². The Balaban J connectivity index is 1.77. The Labute approximate surface area is 149 Å². The monoisotopic (exact) mass is 356 g/mol. The summed E-state index contributed by atoms with van der Waals surface area (Å²) in [4.78, 5) is 24.1. The zero-order valence-electron chi connectivity index (χ0n) is 13.9. The van der Waals surface area contributed by atoms with Crippen LogP contribution in [0.3, 0.4) is 0 Å². The van der Waals surface area contributed by atoms with E-state index >= 15 is 0 Å². The molecule has 5 nitrogen and oxygen atoms in total. The van der Waals surface area contributed by atoms with Gasteiger partial charge in [0.2, 0.25) is 0 Å². The van der Waals surface area contributed by atoms with Gasteiger partial charge in [-0.2, -0.15) is 0 Å². The standard InChI is InChI=1S/C19H17ClN2O3/c1-12-9-13(2)18(15(20)10-12)21-19(24)16-7-6-14(25-16)11-22-8-4-3-5-17(22)23/h3-10H,11H2,1-2H3,(H,21,24). The number of pyridine rings is 1. The number of hydrogen-bond acceptors (Lipinski definition) is 3. The largest absolute Gasteiger partial charge is 0.454 e. The van der Waals surface area contributed by atoms with Crippen molar-refractivity contribution in [3.63, 3.8) is 0 Å². The van der Waals surface area contributed by atoms with Crippen LogP contribution in [0.5, 0.6) is 0 Å². The summed E-state index contributed by atoms with van der Waals surface area (Å²) < 4.78 is 7.07. The quantitative estimate of drug-likeness (QED) is 0.768. The average Bonchev–Trinajstić information content (AvgIpc) is 3.01. The SMILES string of the molecule is Cc1cc(C)c(NC(=O)c2ccc(Cn3ccccc3=O)o2)c(Cl)c1. The molecule has 0 saturated carbocycles. The van der Waals surface area contributed by atoms with Gasteiger partial charge in [0.25, 0.3) is 11.5 Å². The van der Waals surface area contributed by atoms with Crippen LogP contribution in [0.15, 0.2) is 57.9 Å². The molecule has 3 rings (SSSR count). The zero-order chi connectivity index (χ0) is 18.0. The van der Waals surface area contributed by atoms with Gasteiger partial charge in [-0.1, -0.05) is 23.7 Å². The highest BCUT2D eigenvalue weighted by atomic mass is 35.5. The van der Waals surface area contributed by atoms with Crippen molar-refractivity contribution in [3.8, 4) is 0 Å². The topological polar surface area (TPSA) is 64.2 Å². The molecule has 0 unspecified atom stereocenters. The van der Waals surface area contributed by atoms with E-state index in [1.807, 2.05) is 19.9 Å². The highest BCUT2D eigenvalue weighted by molar-refractivity contribution is 6.34. The normalized spacial score (nSPS) is 10.7. The van der Waals surface area contributed by atoms with Crippen LogP contribution in [0.25, 0.3) is 0 Å². The molecule has 3 aromatic rings. The first-order chi connectivity index (χ1) is 11.9. The predicted octanol–water partition coefficient (Wildman–Crippen LogP) is 4.01. The number of aromatic nitrogens is 1. The summed E-state index contributed by atoms with van der Waals surface area (Å²) in [6.07, 6.45) is 1.67. The first kappa shape index (κ1) is 17.0. The Morgan fingerprint density at radius 1 is 1.20 bits per heavy atom. The Morgan fingerprint density at radius 3 is 2.72 bits per heavy atom. The Bertz CT molecular complexity index is 965. The summed E-state index contributed by atoms with van der Waals surface area (Å²) in [6.45, 7) is 4.08. The number of aryl methyl sites for hydroxylation is 2. The van der Waals surface area contributed by atoms with E-state index in [1.54, 1.807) is 36.5 Å². The maximum atomic E-state index is 12.4. The zero-order valence-corrected chi connectivity index (χ0v) is 14.6. The predicted molar refractivity (Wildman–Crippen MR) is 97.4 cm³/mol. The Kier molecular flexibility index (Phi) is 4.76. The van der Waals surface area contributed by atoms with E-state index in [1.165, 1.54) is 10.6 Å². The van der Waals surface area contributed by atoms with Gasteiger partial charge in [-0.15, -0.1) is 0 Å². The van der Waals surface area contributed by atoms with Crippen molar-refractivity contribution in [2.45, 2.75) is 20.4 Å². The van der Waals surface area contributed by atoms with Gasteiger partial charge in [-0.05, 0) is 49.2 Å². The van der Waals surface area contributed by atoms with Gasteiger partial charge in [0.05, 0.1) is 17.3 Å². The van der Waals surface area contributed by atoms with Crippen molar-refractivity contribution in [2.75, 3.05) is 5.32 Å². The number of benzene rings is 1. The lowest BCUT2D eigenvalue weighted by molar-refractivity contribution is 0.0994. The summed E-state index contributed by atoms with van der Waals surface area (Å²) in [7, 11) is 0. The van der Waals surface area contributed by atoms with Gasteiger partial charge in [-0.25, -0.2) is 0 Å². The molecule has 0 atom stereocenters. The molecule has 1 amide bonds. The fourth-order valence-corrected chi connectivity index (χ4v) is 2.96. The third-order valence-corrected chi connectivity index (χ3v) is 4.08. The van der Waals surface area contributed by atoms with Crippen LogP contribution in [0, 0.1) is 13.8 Å². The van der Waals surface area contributed by atoms with E-state index in [-0.39, 0.29) is 23.8 Å². The smallest absolute Gasteiger partial charge is 0.291 e. The second-order valence-corrected chi connectivity index (χ2v) is 6.23. The highest BCUT2D eigenvalue weighted by Crippen LogP contribution is 2.28. The molecule has 1 aromatic carbocycles. The van der Waals surface area contributed by atoms with Gasteiger partial charge in [-0.3, -0.25) is 9.59 Å². The second kappa shape index (κ2) is 6.99. The van der Waals surface area contributed by atoms with Crippen LogP contribution >= 0.6 is 11.6 Å². The molecule has 128 valence electrons. The van der Waals surface area contributed by atoms with Crippen LogP contribution in [0.2, 0.25) is 5.02 Å². The number of halogens is 1. The summed E-state index contributed by atoms with van der Waals surface area (Å²) in [5.41, 5.74) is 2.33.